The molecule has 2 amide bonds. The maximum absolute atomic E-state index is 12.6. The van der Waals surface area contributed by atoms with Crippen LogP contribution in [0.3, 0.4) is 0 Å². The first-order chi connectivity index (χ1) is 10.7. The summed E-state index contributed by atoms with van der Waals surface area (Å²) >= 11 is 6.11. The van der Waals surface area contributed by atoms with Gasteiger partial charge < -0.3 is 14.9 Å². The van der Waals surface area contributed by atoms with Crippen molar-refractivity contribution in [1.29, 1.82) is 0 Å². The van der Waals surface area contributed by atoms with Gasteiger partial charge in [-0.3, -0.25) is 9.59 Å². The zero-order valence-electron chi connectivity index (χ0n) is 13.2. The Morgan fingerprint density at radius 1 is 1.35 bits per heavy atom. The van der Waals surface area contributed by atoms with Crippen LogP contribution in [-0.2, 0) is 14.4 Å². The average molecular weight is 339 g/mol. The second-order valence-corrected chi connectivity index (χ2v) is 6.53. The summed E-state index contributed by atoms with van der Waals surface area (Å²) in [6.45, 7) is 3.10. The number of hydrogen-bond acceptors (Lipinski definition) is 3. The molecule has 1 fully saturated rings. The fourth-order valence-electron chi connectivity index (χ4n) is 2.47. The van der Waals surface area contributed by atoms with E-state index in [1.54, 1.807) is 24.3 Å². The van der Waals surface area contributed by atoms with Crippen LogP contribution in [0.2, 0.25) is 5.02 Å². The Kier molecular flexibility index (Phi) is 4.66. The van der Waals surface area contributed by atoms with E-state index in [-0.39, 0.29) is 24.8 Å². The lowest BCUT2D eigenvalue weighted by molar-refractivity contribution is -0.156. The number of carboxylic acid groups (broad SMARTS) is 1. The quantitative estimate of drug-likeness (QED) is 0.911. The zero-order valence-corrected chi connectivity index (χ0v) is 14.0. The molecule has 0 bridgehead atoms. The molecule has 1 aromatic rings. The smallest absolute Gasteiger partial charge is 0.329 e. The molecule has 1 aliphatic rings. The predicted molar refractivity (Wildman–Crippen MR) is 86.4 cm³/mol. The van der Waals surface area contributed by atoms with Crippen molar-refractivity contribution in [2.45, 2.75) is 25.8 Å². The largest absolute Gasteiger partial charge is 0.480 e. The molecule has 7 heteroatoms. The molecule has 124 valence electrons. The highest BCUT2D eigenvalue weighted by Crippen LogP contribution is 2.32. The molecular weight excluding hydrogens is 320 g/mol. The molecule has 1 N–H and O–H groups in total. The molecule has 1 saturated heterocycles. The molecule has 1 aromatic carbocycles. The number of rotatable bonds is 4. The number of benzene rings is 1. The number of halogens is 1. The first kappa shape index (κ1) is 17.3. The van der Waals surface area contributed by atoms with Gasteiger partial charge >= 0.3 is 5.97 Å². The van der Waals surface area contributed by atoms with E-state index in [1.807, 2.05) is 0 Å². The Hall–Kier alpha value is -2.08. The van der Waals surface area contributed by atoms with Crippen molar-refractivity contribution >= 4 is 35.1 Å². The number of hydrogen-bond donors (Lipinski definition) is 1. The number of likely N-dealkylation sites (N-methyl/N-ethyl adjacent to an activating group) is 1. The second-order valence-electron chi connectivity index (χ2n) is 6.12. The average Bonchev–Trinajstić information content (AvgIpc) is 2.87. The molecule has 1 heterocycles. The number of nitrogens with zero attached hydrogens (tertiary/aromatic N) is 2. The SMILES string of the molecule is CN(C(=O)C1CC(=O)N(c2ccccc2Cl)C1)C(C)(C)C(=O)O. The van der Waals surface area contributed by atoms with Crippen molar-refractivity contribution in [3.05, 3.63) is 29.3 Å². The molecule has 0 radical (unpaired) electrons. The standard InChI is InChI=1S/C16H19ClN2O4/c1-16(2,15(22)23)18(3)14(21)10-8-13(20)19(9-10)12-7-5-4-6-11(12)17/h4-7,10H,8-9H2,1-3H3,(H,22,23). The topological polar surface area (TPSA) is 77.9 Å². The summed E-state index contributed by atoms with van der Waals surface area (Å²) in [6, 6.07) is 6.93. The van der Waals surface area contributed by atoms with Crippen LogP contribution in [0.4, 0.5) is 5.69 Å². The van der Waals surface area contributed by atoms with Gasteiger partial charge in [-0.2, -0.15) is 0 Å². The van der Waals surface area contributed by atoms with Crippen LogP contribution < -0.4 is 4.90 Å². The number of carbonyl (C=O) groups excluding carboxylic acids is 2. The van der Waals surface area contributed by atoms with Gasteiger partial charge in [-0.15, -0.1) is 0 Å². The molecule has 1 atom stereocenters. The van der Waals surface area contributed by atoms with Crippen LogP contribution in [0.1, 0.15) is 20.3 Å². The van der Waals surface area contributed by atoms with Gasteiger partial charge in [-0.05, 0) is 26.0 Å². The molecular formula is C16H19ClN2O4. The lowest BCUT2D eigenvalue weighted by atomic mass is 10.00. The molecule has 0 spiro atoms. The Balaban J connectivity index is 2.18. The van der Waals surface area contributed by atoms with Crippen molar-refractivity contribution in [1.82, 2.24) is 4.90 Å². The molecule has 23 heavy (non-hydrogen) atoms. The van der Waals surface area contributed by atoms with E-state index in [2.05, 4.69) is 0 Å². The predicted octanol–water partition coefficient (Wildman–Crippen LogP) is 2.01. The Morgan fingerprint density at radius 3 is 2.52 bits per heavy atom. The Labute approximate surface area is 139 Å². The molecule has 0 saturated carbocycles. The highest BCUT2D eigenvalue weighted by atomic mass is 35.5. The number of aliphatic carboxylic acids is 1. The summed E-state index contributed by atoms with van der Waals surface area (Å²) in [5.74, 6) is -2.23. The van der Waals surface area contributed by atoms with Crippen molar-refractivity contribution in [3.8, 4) is 0 Å². The minimum absolute atomic E-state index is 0.0457. The van der Waals surface area contributed by atoms with E-state index in [1.165, 1.54) is 30.7 Å². The van der Waals surface area contributed by atoms with E-state index in [0.29, 0.717) is 10.7 Å². The summed E-state index contributed by atoms with van der Waals surface area (Å²) in [6.07, 6.45) is 0.0457. The first-order valence-electron chi connectivity index (χ1n) is 7.22. The van der Waals surface area contributed by atoms with E-state index in [9.17, 15) is 19.5 Å². The summed E-state index contributed by atoms with van der Waals surface area (Å²) in [7, 11) is 1.44. The van der Waals surface area contributed by atoms with Gasteiger partial charge in [0, 0.05) is 20.0 Å². The van der Waals surface area contributed by atoms with Gasteiger partial charge in [0.1, 0.15) is 5.54 Å². The van der Waals surface area contributed by atoms with Crippen LogP contribution in [-0.4, -0.2) is 46.9 Å². The highest BCUT2D eigenvalue weighted by Gasteiger charge is 2.42. The first-order valence-corrected chi connectivity index (χ1v) is 7.60. The van der Waals surface area contributed by atoms with Gasteiger partial charge in [0.25, 0.3) is 0 Å². The monoisotopic (exact) mass is 338 g/mol. The third-order valence-electron chi connectivity index (χ3n) is 4.31. The lowest BCUT2D eigenvalue weighted by Gasteiger charge is -2.33. The van der Waals surface area contributed by atoms with Crippen LogP contribution >= 0.6 is 11.6 Å². The van der Waals surface area contributed by atoms with Crippen LogP contribution in [0, 0.1) is 5.92 Å². The molecule has 2 rings (SSSR count). The van der Waals surface area contributed by atoms with E-state index < -0.39 is 17.4 Å². The summed E-state index contributed by atoms with van der Waals surface area (Å²) in [5, 5.41) is 9.67. The van der Waals surface area contributed by atoms with E-state index in [4.69, 9.17) is 11.6 Å². The normalized spacial score (nSPS) is 18.2. The van der Waals surface area contributed by atoms with Crippen molar-refractivity contribution in [2.75, 3.05) is 18.5 Å². The number of carboxylic acids is 1. The van der Waals surface area contributed by atoms with Crippen LogP contribution in [0.25, 0.3) is 0 Å². The van der Waals surface area contributed by atoms with Gasteiger partial charge in [-0.1, -0.05) is 23.7 Å². The summed E-state index contributed by atoms with van der Waals surface area (Å²) in [4.78, 5) is 38.7. The van der Waals surface area contributed by atoms with E-state index in [0.717, 1.165) is 0 Å². The zero-order chi connectivity index (χ0) is 17.4. The molecule has 1 aliphatic heterocycles. The number of para-hydroxylation sites is 1. The fourth-order valence-corrected chi connectivity index (χ4v) is 2.71. The third kappa shape index (κ3) is 3.17. The van der Waals surface area contributed by atoms with Crippen molar-refractivity contribution < 1.29 is 19.5 Å². The minimum atomic E-state index is -1.34. The number of anilines is 1. The Morgan fingerprint density at radius 2 is 1.96 bits per heavy atom. The lowest BCUT2D eigenvalue weighted by Crippen LogP contribution is -2.52. The van der Waals surface area contributed by atoms with Crippen molar-refractivity contribution in [2.24, 2.45) is 5.92 Å². The number of carbonyl (C=O) groups is 3. The van der Waals surface area contributed by atoms with Crippen LogP contribution in [0.5, 0.6) is 0 Å². The van der Waals surface area contributed by atoms with Gasteiger partial charge in [-0.25, -0.2) is 4.79 Å². The summed E-state index contributed by atoms with van der Waals surface area (Å²) < 4.78 is 0. The maximum Gasteiger partial charge on any atom is 0.329 e. The van der Waals surface area contributed by atoms with Crippen molar-refractivity contribution in [3.63, 3.8) is 0 Å². The van der Waals surface area contributed by atoms with Gasteiger partial charge in [0.2, 0.25) is 11.8 Å². The van der Waals surface area contributed by atoms with Crippen LogP contribution in [0.15, 0.2) is 24.3 Å². The van der Waals surface area contributed by atoms with Gasteiger partial charge in [0.15, 0.2) is 0 Å². The fraction of sp³-hybridized carbons (Fsp3) is 0.438. The molecule has 0 aromatic heterocycles. The minimum Gasteiger partial charge on any atom is -0.480 e. The summed E-state index contributed by atoms with van der Waals surface area (Å²) in [5.41, 5.74) is -0.771. The molecule has 1 unspecified atom stereocenters. The number of amides is 2. The molecule has 0 aliphatic carbocycles. The highest BCUT2D eigenvalue weighted by molar-refractivity contribution is 6.33. The molecule has 6 nitrogen and oxygen atoms in total. The van der Waals surface area contributed by atoms with Gasteiger partial charge in [0.05, 0.1) is 16.6 Å². The van der Waals surface area contributed by atoms with E-state index >= 15 is 0 Å². The Bertz CT molecular complexity index is 659. The third-order valence-corrected chi connectivity index (χ3v) is 4.63. The second kappa shape index (κ2) is 6.20. The maximum atomic E-state index is 12.6.